The number of carboxylic acid groups (broad SMARTS) is 1. The molecule has 1 aromatic carbocycles. The molecule has 4 aliphatic rings. The molecule has 1 saturated heterocycles. The van der Waals surface area contributed by atoms with E-state index < -0.39 is 90.1 Å². The molecule has 0 unspecified atom stereocenters. The van der Waals surface area contributed by atoms with Gasteiger partial charge in [-0.05, 0) is 82.1 Å². The lowest BCUT2D eigenvalue weighted by molar-refractivity contribution is -0.141. The number of aromatic nitrogens is 3. The number of nitrogens with two attached hydrogens (primary N) is 2. The molecule has 2 aromatic heterocycles. The van der Waals surface area contributed by atoms with Crippen molar-refractivity contribution in [2.24, 2.45) is 22.4 Å². The Morgan fingerprint density at radius 3 is 2.24 bits per heavy atom. The number of aliphatic carboxylic acids is 1. The van der Waals surface area contributed by atoms with Crippen molar-refractivity contribution >= 4 is 75.7 Å². The van der Waals surface area contributed by atoms with Crippen LogP contribution in [-0.4, -0.2) is 128 Å². The molecule has 24 heteroatoms. The zero-order valence-electron chi connectivity index (χ0n) is 40.4. The number of guanidine groups is 1. The van der Waals surface area contributed by atoms with Crippen LogP contribution >= 0.6 is 0 Å². The fraction of sp³-hybridized carbons (Fsp3) is 0.468. The third kappa shape index (κ3) is 13.0. The summed E-state index contributed by atoms with van der Waals surface area (Å²) in [7, 11) is 0. The number of aliphatic imine (C=N–C) groups is 1. The molecular formula is C47H62N14O10. The fourth-order valence-electron chi connectivity index (χ4n) is 8.70. The minimum absolute atomic E-state index is 0.0469. The summed E-state index contributed by atoms with van der Waals surface area (Å²) in [5, 5.41) is 32.0. The highest BCUT2D eigenvalue weighted by molar-refractivity contribution is 6.06. The van der Waals surface area contributed by atoms with Crippen LogP contribution in [0.4, 0.5) is 0 Å². The van der Waals surface area contributed by atoms with Gasteiger partial charge in [-0.25, -0.2) is 9.78 Å². The number of allylic oxidation sites excluding steroid dienone is 2. The smallest absolute Gasteiger partial charge is 0.326 e. The van der Waals surface area contributed by atoms with Gasteiger partial charge in [-0.15, -0.1) is 0 Å². The molecule has 6 heterocycles. The lowest BCUT2D eigenvalue weighted by Gasteiger charge is -2.28. The van der Waals surface area contributed by atoms with Crippen molar-refractivity contribution in [2.45, 2.75) is 123 Å². The van der Waals surface area contributed by atoms with Crippen molar-refractivity contribution in [3.8, 4) is 5.82 Å². The van der Waals surface area contributed by atoms with Gasteiger partial charge in [-0.2, -0.15) is 0 Å². The second-order valence-electron chi connectivity index (χ2n) is 18.7. The number of carbonyl (C=O) groups excluding carboxylic acids is 8. The van der Waals surface area contributed by atoms with Crippen LogP contribution < -0.4 is 54.0 Å². The Bertz CT molecular complexity index is 2720. The van der Waals surface area contributed by atoms with E-state index >= 15 is 0 Å². The normalized spacial score (nSPS) is 22.7. The predicted octanol–water partition coefficient (Wildman–Crippen LogP) is -1.33. The van der Waals surface area contributed by atoms with Crippen molar-refractivity contribution in [2.75, 3.05) is 13.1 Å². The molecular weight excluding hydrogens is 921 g/mol. The lowest BCUT2D eigenvalue weighted by Crippen LogP contribution is -2.57. The Morgan fingerprint density at radius 2 is 1.59 bits per heavy atom. The summed E-state index contributed by atoms with van der Waals surface area (Å²) in [6, 6.07) is -2.69. The lowest BCUT2D eigenvalue weighted by atomic mass is 9.91. The number of nitrogens with one attached hydrogen (secondary N) is 9. The minimum Gasteiger partial charge on any atom is -0.480 e. The number of H-pyrrole nitrogens is 1. The third-order valence-corrected chi connectivity index (χ3v) is 12.2. The summed E-state index contributed by atoms with van der Waals surface area (Å²) in [5.41, 5.74) is 13.7. The first-order valence-electron chi connectivity index (χ1n) is 23.3. The van der Waals surface area contributed by atoms with E-state index in [2.05, 4.69) is 57.5 Å². The van der Waals surface area contributed by atoms with Gasteiger partial charge in [0.2, 0.25) is 41.4 Å². The van der Waals surface area contributed by atoms with E-state index in [0.717, 1.165) is 0 Å². The molecule has 1 fully saturated rings. The zero-order chi connectivity index (χ0) is 51.8. The molecule has 8 amide bonds. The number of carboxylic acids is 1. The highest BCUT2D eigenvalue weighted by atomic mass is 16.4. The van der Waals surface area contributed by atoms with Gasteiger partial charge in [0.05, 0.1) is 12.2 Å². The maximum Gasteiger partial charge on any atom is 0.326 e. The van der Waals surface area contributed by atoms with Crippen LogP contribution in [0.5, 0.6) is 0 Å². The number of imidazole rings is 1. The maximum atomic E-state index is 14.8. The topological polar surface area (TPSA) is 368 Å². The summed E-state index contributed by atoms with van der Waals surface area (Å²) >= 11 is 0. The third-order valence-electron chi connectivity index (χ3n) is 12.2. The summed E-state index contributed by atoms with van der Waals surface area (Å²) < 4.78 is 1.56. The number of hydrogen-bond donors (Lipinski definition) is 12. The largest absolute Gasteiger partial charge is 0.480 e. The van der Waals surface area contributed by atoms with Crippen molar-refractivity contribution in [1.29, 1.82) is 0 Å². The number of aromatic amines is 1. The second kappa shape index (κ2) is 22.6. The van der Waals surface area contributed by atoms with E-state index in [0.29, 0.717) is 44.6 Å². The van der Waals surface area contributed by atoms with Crippen LogP contribution in [0.25, 0.3) is 22.3 Å². The number of benzene rings is 1. The van der Waals surface area contributed by atoms with Crippen LogP contribution in [0.2, 0.25) is 0 Å². The molecule has 7 bridgehead atoms. The minimum atomic E-state index is -1.48. The van der Waals surface area contributed by atoms with Gasteiger partial charge >= 0.3 is 5.97 Å². The summed E-state index contributed by atoms with van der Waals surface area (Å²) in [6.45, 7) is 9.73. The molecule has 0 radical (unpaired) electrons. The molecule has 0 aliphatic carbocycles. The number of fused-ring (bicyclic) bond motifs is 13. The van der Waals surface area contributed by atoms with Crippen molar-refractivity contribution in [3.63, 3.8) is 0 Å². The summed E-state index contributed by atoms with van der Waals surface area (Å²) in [4.78, 5) is 136. The van der Waals surface area contributed by atoms with Crippen LogP contribution in [0.3, 0.4) is 0 Å². The molecule has 24 nitrogen and oxygen atoms in total. The highest BCUT2D eigenvalue weighted by Crippen LogP contribution is 2.32. The Hall–Kier alpha value is -8.05. The highest BCUT2D eigenvalue weighted by Gasteiger charge is 2.37. The Balaban J connectivity index is 1.58. The molecule has 6 atom stereocenters. The first-order valence-corrected chi connectivity index (χ1v) is 23.3. The molecule has 71 heavy (non-hydrogen) atoms. The maximum absolute atomic E-state index is 14.8. The number of amides is 8. The van der Waals surface area contributed by atoms with Crippen molar-refractivity contribution in [3.05, 3.63) is 64.4 Å². The molecule has 380 valence electrons. The van der Waals surface area contributed by atoms with Gasteiger partial charge < -0.3 is 64.1 Å². The van der Waals surface area contributed by atoms with Gasteiger partial charge in [0.25, 0.3) is 5.91 Å². The number of carbonyl (C=O) groups is 9. The Kier molecular flexibility index (Phi) is 16.6. The number of nitrogens with zero attached hydrogens (tertiary/aromatic N) is 3. The van der Waals surface area contributed by atoms with E-state index in [1.807, 2.05) is 13.8 Å². The van der Waals surface area contributed by atoms with Gasteiger partial charge in [0, 0.05) is 48.5 Å². The molecule has 0 spiro atoms. The van der Waals surface area contributed by atoms with Crippen molar-refractivity contribution < 1.29 is 48.3 Å². The van der Waals surface area contributed by atoms with Crippen LogP contribution in [0, 0.1) is 5.92 Å². The summed E-state index contributed by atoms with van der Waals surface area (Å²) in [5.74, 6) is -7.25. The Labute approximate surface area is 408 Å². The second-order valence-corrected chi connectivity index (χ2v) is 18.7. The van der Waals surface area contributed by atoms with E-state index in [9.17, 15) is 48.3 Å². The predicted molar refractivity (Wildman–Crippen MR) is 258 cm³/mol. The SMILES string of the molecule is CC(C)=C1NC(=O)[C@H](CC(C)C)NC(=O)[C@@H](NC(=O)[C@H]2CCC(=O)N2)C(=C(C)C)c2ccc3c4c([nH]c3c2)-n2cnc(c2)C[C@@H](C(=O)O)NC(=O)CNC(=O)[C@@H](CCCN=C(N)N)NC(=O)[C@H](C4)NC1=O. The van der Waals surface area contributed by atoms with Gasteiger partial charge in [0.15, 0.2) is 5.96 Å². The monoisotopic (exact) mass is 982 g/mol. The number of hydrogen-bond acceptors (Lipinski definition) is 11. The standard InChI is InChI=1S/C47H62N14O10/c1-21(2)14-31-43(67)59-37(23(5)6)44(68)58-32-17-27-26-10-9-24(36(22(3)4)38(45(69)57-31)60-41(65)29-11-12-34(62)53-29)15-30(26)55-39(27)61-19-25(52-20-61)16-33(46(70)71)54-35(63)18-51-40(64)28(56-42(32)66)8-7-13-50-47(48)49/h9-10,15,19-21,28-29,31-33,38,55H,7-8,11-14,16-18H2,1-6H3,(H,51,64)(H,53,62)(H,54,63)(H,56,66)(H,57,69)(H,58,68)(H,59,67)(H,60,65)(H,70,71)(H4,48,49,50)/t28-,29-,31+,32+,33+,38+/m1/s1. The van der Waals surface area contributed by atoms with Gasteiger partial charge in [-0.1, -0.05) is 31.6 Å². The first kappa shape index (κ1) is 52.3. The Morgan fingerprint density at radius 1 is 0.873 bits per heavy atom. The van der Waals surface area contributed by atoms with E-state index in [4.69, 9.17) is 11.5 Å². The van der Waals surface area contributed by atoms with Crippen LogP contribution in [0.1, 0.15) is 90.5 Å². The zero-order valence-corrected chi connectivity index (χ0v) is 40.4. The van der Waals surface area contributed by atoms with E-state index in [1.54, 1.807) is 50.5 Å². The molecule has 3 aromatic rings. The number of rotatable bonds is 9. The van der Waals surface area contributed by atoms with Crippen LogP contribution in [-0.2, 0) is 56.0 Å². The summed E-state index contributed by atoms with van der Waals surface area (Å²) in [6.07, 6.45) is 2.95. The quantitative estimate of drug-likeness (QED) is 0.0390. The van der Waals surface area contributed by atoms with Crippen LogP contribution in [0.15, 0.2) is 52.6 Å². The average molecular weight is 983 g/mol. The molecule has 0 saturated carbocycles. The van der Waals surface area contributed by atoms with E-state index in [1.165, 1.54) is 12.5 Å². The van der Waals surface area contributed by atoms with E-state index in [-0.39, 0.29) is 80.7 Å². The molecule has 7 rings (SSSR count). The molecule has 14 N–H and O–H groups in total. The average Bonchev–Trinajstić information content (AvgIpc) is 4.04. The fourth-order valence-corrected chi connectivity index (χ4v) is 8.70. The van der Waals surface area contributed by atoms with Gasteiger partial charge in [-0.3, -0.25) is 47.9 Å². The first-order chi connectivity index (χ1) is 33.6. The van der Waals surface area contributed by atoms with Gasteiger partial charge in [0.1, 0.15) is 54.1 Å². The molecule has 4 aliphatic heterocycles. The van der Waals surface area contributed by atoms with Crippen molar-refractivity contribution in [1.82, 2.24) is 57.1 Å².